The molecule has 0 nitrogen and oxygen atoms in total. The minimum Gasteiger partial charge on any atom is -0.0894 e. The summed E-state index contributed by atoms with van der Waals surface area (Å²) in [6.45, 7) is 0. The van der Waals surface area contributed by atoms with E-state index in [1.807, 2.05) is 11.8 Å². The Morgan fingerprint density at radius 2 is 1.23 bits per heavy atom. The van der Waals surface area contributed by atoms with E-state index in [0.29, 0.717) is 0 Å². The molecule has 0 bridgehead atoms. The quantitative estimate of drug-likeness (QED) is 0.211. The van der Waals surface area contributed by atoms with Crippen LogP contribution in [0.25, 0.3) is 21.9 Å². The van der Waals surface area contributed by atoms with Crippen molar-refractivity contribution in [2.24, 2.45) is 0 Å². The molecular weight excluding hydrogens is 460 g/mol. The van der Waals surface area contributed by atoms with E-state index >= 15 is 0 Å². The van der Waals surface area contributed by atoms with Crippen LogP contribution in [0.3, 0.4) is 0 Å². The zero-order valence-electron chi connectivity index (χ0n) is 16.6. The Kier molecular flexibility index (Phi) is 3.65. The number of hydrogen-bond donors (Lipinski definition) is 0. The molecule has 146 valence electrons. The number of halogens is 1. The van der Waals surface area contributed by atoms with Crippen molar-refractivity contribution in [3.05, 3.63) is 130 Å². The summed E-state index contributed by atoms with van der Waals surface area (Å²) in [4.78, 5) is 2.68. The van der Waals surface area contributed by atoms with Crippen LogP contribution in [-0.2, 0) is 5.41 Å². The van der Waals surface area contributed by atoms with Gasteiger partial charge in [-0.05, 0) is 68.4 Å². The maximum Gasteiger partial charge on any atom is 0.0741 e. The number of hydrogen-bond acceptors (Lipinski definition) is 1. The van der Waals surface area contributed by atoms with Gasteiger partial charge in [-0.2, -0.15) is 0 Å². The molecule has 0 saturated carbocycles. The zero-order valence-corrected chi connectivity index (χ0v) is 19.0. The fraction of sp³-hybridized carbons (Fsp3) is 0.0345. The predicted octanol–water partition coefficient (Wildman–Crippen LogP) is 8.43. The summed E-state index contributed by atoms with van der Waals surface area (Å²) in [6, 6.07) is 38.2. The Hall–Kier alpha value is -2.81. The second-order valence-electron chi connectivity index (χ2n) is 8.24. The van der Waals surface area contributed by atoms with Gasteiger partial charge in [0.2, 0.25) is 0 Å². The van der Waals surface area contributed by atoms with Crippen LogP contribution >= 0.6 is 27.7 Å². The third-order valence-electron chi connectivity index (χ3n) is 6.78. The maximum atomic E-state index is 3.78. The van der Waals surface area contributed by atoms with Gasteiger partial charge in [0.1, 0.15) is 0 Å². The summed E-state index contributed by atoms with van der Waals surface area (Å²) in [5.74, 6) is 0. The van der Waals surface area contributed by atoms with Crippen molar-refractivity contribution in [2.45, 2.75) is 15.2 Å². The molecule has 0 aromatic heterocycles. The third-order valence-corrected chi connectivity index (χ3v) is 8.43. The Morgan fingerprint density at radius 1 is 0.581 bits per heavy atom. The van der Waals surface area contributed by atoms with Gasteiger partial charge in [0.05, 0.1) is 5.41 Å². The van der Waals surface area contributed by atoms with E-state index in [1.54, 1.807) is 0 Å². The molecule has 0 N–H and O–H groups in total. The number of fused-ring (bicyclic) bond motifs is 11. The van der Waals surface area contributed by atoms with E-state index in [1.165, 1.54) is 53.9 Å². The summed E-state index contributed by atoms with van der Waals surface area (Å²) in [5, 5.41) is 2.63. The molecule has 0 saturated heterocycles. The van der Waals surface area contributed by atoms with E-state index in [4.69, 9.17) is 0 Å². The molecule has 0 atom stereocenters. The van der Waals surface area contributed by atoms with Crippen molar-refractivity contribution in [3.63, 3.8) is 0 Å². The zero-order chi connectivity index (χ0) is 20.6. The standard InChI is InChI=1S/C29H17BrS/c30-19-14-16-21-22-15-13-18-7-1-2-8-20(18)28(22)29(25(21)17-19)23-9-3-5-11-26(23)31-27-12-6-4-10-24(27)29/h1-17H. The Balaban J connectivity index is 1.78. The normalized spacial score (nSPS) is 14.7. The van der Waals surface area contributed by atoms with Crippen LogP contribution in [0, 0.1) is 0 Å². The summed E-state index contributed by atoms with van der Waals surface area (Å²) in [6.07, 6.45) is 0. The highest BCUT2D eigenvalue weighted by atomic mass is 79.9. The first kappa shape index (κ1) is 17.8. The van der Waals surface area contributed by atoms with Crippen LogP contribution in [0.5, 0.6) is 0 Å². The van der Waals surface area contributed by atoms with Gasteiger partial charge in [0.15, 0.2) is 0 Å². The van der Waals surface area contributed by atoms with Crippen LogP contribution in [0.15, 0.2) is 117 Å². The minimum atomic E-state index is -0.326. The molecule has 2 heteroatoms. The van der Waals surface area contributed by atoms with Crippen molar-refractivity contribution in [1.82, 2.24) is 0 Å². The lowest BCUT2D eigenvalue weighted by molar-refractivity contribution is 0.728. The van der Waals surface area contributed by atoms with Crippen LogP contribution in [0.2, 0.25) is 0 Å². The van der Waals surface area contributed by atoms with Gasteiger partial charge in [-0.25, -0.2) is 0 Å². The first-order chi connectivity index (χ1) is 15.3. The van der Waals surface area contributed by atoms with E-state index in [-0.39, 0.29) is 5.41 Å². The van der Waals surface area contributed by atoms with E-state index in [0.717, 1.165) is 4.47 Å². The molecule has 0 radical (unpaired) electrons. The molecule has 0 fully saturated rings. The Labute approximate surface area is 194 Å². The predicted molar refractivity (Wildman–Crippen MR) is 133 cm³/mol. The lowest BCUT2D eigenvalue weighted by Gasteiger charge is -2.40. The van der Waals surface area contributed by atoms with Gasteiger partial charge in [-0.1, -0.05) is 107 Å². The molecule has 2 aliphatic rings. The lowest BCUT2D eigenvalue weighted by Crippen LogP contribution is -2.32. The fourth-order valence-corrected chi connectivity index (χ4v) is 7.20. The first-order valence-corrected chi connectivity index (χ1v) is 12.1. The Morgan fingerprint density at radius 3 is 2.00 bits per heavy atom. The minimum absolute atomic E-state index is 0.326. The second kappa shape index (κ2) is 6.35. The summed E-state index contributed by atoms with van der Waals surface area (Å²) in [7, 11) is 0. The van der Waals surface area contributed by atoms with Crippen molar-refractivity contribution >= 4 is 38.5 Å². The molecule has 7 rings (SSSR count). The molecule has 0 unspecified atom stereocenters. The van der Waals surface area contributed by atoms with Gasteiger partial charge in [0.25, 0.3) is 0 Å². The van der Waals surface area contributed by atoms with E-state index < -0.39 is 0 Å². The van der Waals surface area contributed by atoms with Crippen molar-refractivity contribution in [1.29, 1.82) is 0 Å². The molecule has 5 aromatic rings. The largest absolute Gasteiger partial charge is 0.0894 e. The molecule has 31 heavy (non-hydrogen) atoms. The topological polar surface area (TPSA) is 0 Å². The van der Waals surface area contributed by atoms with E-state index in [2.05, 4.69) is 119 Å². The second-order valence-corrected chi connectivity index (χ2v) is 10.2. The highest BCUT2D eigenvalue weighted by Crippen LogP contribution is 2.63. The Bertz CT molecular complexity index is 1490. The van der Waals surface area contributed by atoms with Crippen LogP contribution in [-0.4, -0.2) is 0 Å². The molecule has 1 spiro atoms. The van der Waals surface area contributed by atoms with Crippen LogP contribution < -0.4 is 0 Å². The third kappa shape index (κ3) is 2.22. The highest BCUT2D eigenvalue weighted by Gasteiger charge is 2.50. The fourth-order valence-electron chi connectivity index (χ4n) is 5.65. The summed E-state index contributed by atoms with van der Waals surface area (Å²) < 4.78 is 1.12. The van der Waals surface area contributed by atoms with Gasteiger partial charge in [-0.3, -0.25) is 0 Å². The average Bonchev–Trinajstić information content (AvgIpc) is 3.10. The van der Waals surface area contributed by atoms with Crippen LogP contribution in [0.1, 0.15) is 22.3 Å². The molecular formula is C29H17BrS. The average molecular weight is 477 g/mol. The van der Waals surface area contributed by atoms with Crippen LogP contribution in [0.4, 0.5) is 0 Å². The number of rotatable bonds is 0. The number of benzene rings is 5. The molecule has 1 aliphatic carbocycles. The first-order valence-electron chi connectivity index (χ1n) is 10.5. The maximum absolute atomic E-state index is 3.78. The highest BCUT2D eigenvalue weighted by molar-refractivity contribution is 9.10. The van der Waals surface area contributed by atoms with Gasteiger partial charge in [-0.15, -0.1) is 0 Å². The molecule has 5 aromatic carbocycles. The lowest BCUT2D eigenvalue weighted by atomic mass is 9.66. The smallest absolute Gasteiger partial charge is 0.0741 e. The van der Waals surface area contributed by atoms with Gasteiger partial charge in [0, 0.05) is 14.3 Å². The molecule has 0 amide bonds. The summed E-state index contributed by atoms with van der Waals surface area (Å²) in [5.41, 5.74) is 7.90. The monoisotopic (exact) mass is 476 g/mol. The van der Waals surface area contributed by atoms with Crippen molar-refractivity contribution < 1.29 is 0 Å². The van der Waals surface area contributed by atoms with Crippen molar-refractivity contribution in [2.75, 3.05) is 0 Å². The van der Waals surface area contributed by atoms with Gasteiger partial charge >= 0.3 is 0 Å². The summed E-state index contributed by atoms with van der Waals surface area (Å²) >= 11 is 5.67. The van der Waals surface area contributed by atoms with E-state index in [9.17, 15) is 0 Å². The van der Waals surface area contributed by atoms with Gasteiger partial charge < -0.3 is 0 Å². The van der Waals surface area contributed by atoms with Crippen molar-refractivity contribution in [3.8, 4) is 11.1 Å². The molecule has 1 heterocycles. The molecule has 1 aliphatic heterocycles. The SMILES string of the molecule is Brc1ccc2c(c1)C1(c3ccccc3Sc3ccccc31)c1c-2ccc2ccccc12.